The Kier molecular flexibility index (Phi) is 5.43. The Morgan fingerprint density at radius 1 is 1.47 bits per heavy atom. The van der Waals surface area contributed by atoms with Crippen LogP contribution in [0.2, 0.25) is 0 Å². The largest absolute Gasteiger partial charge is 0.477 e. The van der Waals surface area contributed by atoms with Gasteiger partial charge in [0.25, 0.3) is 6.33 Å². The first kappa shape index (κ1) is 21.3. The number of hydrogen-bond donors (Lipinski definition) is 4. The van der Waals surface area contributed by atoms with E-state index in [1.54, 1.807) is 6.92 Å². The highest BCUT2D eigenvalue weighted by molar-refractivity contribution is 7.98. The summed E-state index contributed by atoms with van der Waals surface area (Å²) in [6, 6.07) is -0.588. The van der Waals surface area contributed by atoms with Crippen LogP contribution in [0.3, 0.4) is 0 Å². The third-order valence-corrected chi connectivity index (χ3v) is 8.14. The van der Waals surface area contributed by atoms with Gasteiger partial charge in [-0.1, -0.05) is 30.0 Å². The molecule has 0 saturated carbocycles. The fourth-order valence-corrected chi connectivity index (χ4v) is 6.88. The first-order chi connectivity index (χ1) is 14.3. The van der Waals surface area contributed by atoms with Gasteiger partial charge in [0.2, 0.25) is 15.8 Å². The third kappa shape index (κ3) is 2.83. The Morgan fingerprint density at radius 2 is 2.17 bits per heavy atom. The van der Waals surface area contributed by atoms with Crippen molar-refractivity contribution in [2.24, 2.45) is 17.6 Å². The number of fused-ring (bicyclic) bond motifs is 2. The molecule has 9 nitrogen and oxygen atoms in total. The molecule has 0 spiro atoms. The minimum absolute atomic E-state index is 0.00711. The quantitative estimate of drug-likeness (QED) is 0.267. The number of amides is 1. The average molecular weight is 454 g/mol. The number of aliphatic carboxylic acids is 1. The molecule has 11 heteroatoms. The maximum Gasteiger partial charge on any atom is 0.352 e. The molecule has 0 aromatic carbocycles. The van der Waals surface area contributed by atoms with Crippen molar-refractivity contribution in [1.82, 2.24) is 9.30 Å². The zero-order valence-electron chi connectivity index (χ0n) is 16.8. The van der Waals surface area contributed by atoms with Gasteiger partial charge in [-0.2, -0.15) is 4.40 Å². The first-order valence-electron chi connectivity index (χ1n) is 9.66. The summed E-state index contributed by atoms with van der Waals surface area (Å²) in [6.45, 7) is 3.69. The van der Waals surface area contributed by atoms with E-state index in [2.05, 4.69) is 0 Å². The molecular formula is C19H25N4O5S2+. The van der Waals surface area contributed by atoms with Crippen LogP contribution >= 0.6 is 23.1 Å². The van der Waals surface area contributed by atoms with Gasteiger partial charge in [-0.25, -0.2) is 9.36 Å². The van der Waals surface area contributed by atoms with Crippen molar-refractivity contribution in [1.29, 1.82) is 0 Å². The van der Waals surface area contributed by atoms with Gasteiger partial charge in [-0.05, 0) is 13.2 Å². The minimum Gasteiger partial charge on any atom is -0.477 e. The Labute approximate surface area is 181 Å². The number of thioether (sulfide) groups is 1. The lowest BCUT2D eigenvalue weighted by molar-refractivity contribution is -0.753. The number of imidazole rings is 1. The molecule has 5 N–H and O–H groups in total. The van der Waals surface area contributed by atoms with E-state index in [-0.39, 0.29) is 36.2 Å². The SMILES string of the molecule is CSc1c2sc(C3=C(C(=O)O)N4C(=O)[C@H]([C@@H](C)O)[C@H]4[C@H]3C)cn2c[n+]1[C@@H](CN)CO. The molecule has 0 unspecified atom stereocenters. The van der Waals surface area contributed by atoms with Gasteiger partial charge < -0.3 is 26.0 Å². The molecule has 1 fully saturated rings. The molecule has 0 bridgehead atoms. The maximum absolute atomic E-state index is 12.6. The van der Waals surface area contributed by atoms with E-state index >= 15 is 0 Å². The Bertz CT molecular complexity index is 1050. The smallest absolute Gasteiger partial charge is 0.352 e. The van der Waals surface area contributed by atoms with Crippen molar-refractivity contribution in [3.63, 3.8) is 0 Å². The lowest BCUT2D eigenvalue weighted by Gasteiger charge is -2.46. The second-order valence-electron chi connectivity index (χ2n) is 7.73. The van der Waals surface area contributed by atoms with Crippen molar-refractivity contribution >= 4 is 45.4 Å². The first-order valence-corrected chi connectivity index (χ1v) is 11.7. The number of aliphatic hydroxyl groups excluding tert-OH is 2. The summed E-state index contributed by atoms with van der Waals surface area (Å²) in [5.74, 6) is -2.28. The van der Waals surface area contributed by atoms with Gasteiger partial charge in [0.15, 0.2) is 0 Å². The number of carbonyl (C=O) groups is 2. The molecule has 4 heterocycles. The number of nitrogens with zero attached hydrogens (tertiary/aromatic N) is 3. The van der Waals surface area contributed by atoms with Crippen LogP contribution in [-0.2, 0) is 9.59 Å². The number of carboxylic acids is 1. The van der Waals surface area contributed by atoms with Crippen LogP contribution in [0.1, 0.15) is 24.8 Å². The Balaban J connectivity index is 1.83. The van der Waals surface area contributed by atoms with E-state index in [0.717, 1.165) is 14.7 Å². The van der Waals surface area contributed by atoms with Crippen molar-refractivity contribution in [3.05, 3.63) is 23.1 Å². The number of β-lactam (4-membered cyclic amide) rings is 1. The summed E-state index contributed by atoms with van der Waals surface area (Å²) in [5, 5.41) is 30.4. The Hall–Kier alpha value is -1.92. The van der Waals surface area contributed by atoms with Gasteiger partial charge in [-0.3, -0.25) is 4.79 Å². The summed E-state index contributed by atoms with van der Waals surface area (Å²) in [5.41, 5.74) is 6.42. The predicted octanol–water partition coefficient (Wildman–Crippen LogP) is 0.155. The molecule has 1 amide bonds. The van der Waals surface area contributed by atoms with E-state index in [4.69, 9.17) is 5.73 Å². The monoisotopic (exact) mass is 453 g/mol. The second-order valence-corrected chi connectivity index (χ2v) is 9.56. The van der Waals surface area contributed by atoms with Crippen molar-refractivity contribution in [2.75, 3.05) is 19.4 Å². The fraction of sp³-hybridized carbons (Fsp3) is 0.526. The number of carbonyl (C=O) groups excluding carboxylic acids is 1. The fourth-order valence-electron chi connectivity index (χ4n) is 4.65. The molecule has 4 rings (SSSR count). The number of aromatic nitrogens is 2. The van der Waals surface area contributed by atoms with E-state index in [1.807, 2.05) is 34.7 Å². The maximum atomic E-state index is 12.6. The van der Waals surface area contributed by atoms with Crippen LogP contribution in [0.5, 0.6) is 0 Å². The molecule has 162 valence electrons. The molecule has 2 aromatic rings. The molecular weight excluding hydrogens is 428 g/mol. The average Bonchev–Trinajstić information content (AvgIpc) is 3.30. The summed E-state index contributed by atoms with van der Waals surface area (Å²) >= 11 is 2.98. The number of rotatable bonds is 7. The zero-order valence-corrected chi connectivity index (χ0v) is 18.5. The van der Waals surface area contributed by atoms with Crippen LogP contribution in [0.15, 0.2) is 23.2 Å². The van der Waals surface area contributed by atoms with Crippen molar-refractivity contribution in [3.8, 4) is 0 Å². The van der Waals surface area contributed by atoms with E-state index in [0.29, 0.717) is 12.1 Å². The predicted molar refractivity (Wildman–Crippen MR) is 112 cm³/mol. The van der Waals surface area contributed by atoms with Gasteiger partial charge in [0, 0.05) is 18.0 Å². The van der Waals surface area contributed by atoms with Crippen LogP contribution < -0.4 is 10.3 Å². The third-order valence-electron chi connectivity index (χ3n) is 6.07. The van der Waals surface area contributed by atoms with Gasteiger partial charge >= 0.3 is 5.97 Å². The lowest BCUT2D eigenvalue weighted by Crippen LogP contribution is -2.63. The normalized spacial score (nSPS) is 25.6. The summed E-state index contributed by atoms with van der Waals surface area (Å²) in [7, 11) is 0. The van der Waals surface area contributed by atoms with E-state index < -0.39 is 18.0 Å². The molecule has 2 aliphatic rings. The zero-order chi connectivity index (χ0) is 21.9. The molecule has 5 atom stereocenters. The van der Waals surface area contributed by atoms with E-state index in [9.17, 15) is 24.9 Å². The van der Waals surface area contributed by atoms with Crippen LogP contribution in [0, 0.1) is 11.8 Å². The Morgan fingerprint density at radius 3 is 2.70 bits per heavy atom. The number of aliphatic hydroxyl groups is 2. The van der Waals surface area contributed by atoms with E-state index in [1.165, 1.54) is 28.0 Å². The molecule has 0 aliphatic carbocycles. The lowest BCUT2D eigenvalue weighted by atomic mass is 9.77. The second kappa shape index (κ2) is 7.65. The molecule has 2 aliphatic heterocycles. The number of hydrogen-bond acceptors (Lipinski definition) is 7. The van der Waals surface area contributed by atoms with Crippen LogP contribution in [0.4, 0.5) is 0 Å². The van der Waals surface area contributed by atoms with Gasteiger partial charge in [0.05, 0.1) is 29.5 Å². The number of nitrogens with two attached hydrogens (primary N) is 1. The molecule has 30 heavy (non-hydrogen) atoms. The van der Waals surface area contributed by atoms with Crippen molar-refractivity contribution < 1.29 is 29.5 Å². The van der Waals surface area contributed by atoms with Crippen LogP contribution in [-0.4, -0.2) is 68.0 Å². The van der Waals surface area contributed by atoms with Gasteiger partial charge in [-0.15, -0.1) is 0 Å². The highest BCUT2D eigenvalue weighted by atomic mass is 32.2. The summed E-state index contributed by atoms with van der Waals surface area (Å²) in [6.07, 6.45) is 4.83. The number of carboxylic acid groups (broad SMARTS) is 1. The summed E-state index contributed by atoms with van der Waals surface area (Å²) < 4.78 is 3.85. The van der Waals surface area contributed by atoms with Crippen molar-refractivity contribution in [2.45, 2.75) is 37.1 Å². The summed E-state index contributed by atoms with van der Waals surface area (Å²) in [4.78, 5) is 27.7. The van der Waals surface area contributed by atoms with Crippen LogP contribution in [0.25, 0.3) is 10.4 Å². The number of thiazole rings is 1. The molecule has 1 saturated heterocycles. The highest BCUT2D eigenvalue weighted by Crippen LogP contribution is 2.51. The minimum atomic E-state index is -1.14. The standard InChI is InChI=1S/C19H24N4O5S2/c1-8-12(15(19(27)28)23-14(8)13(9(2)25)16(23)26)11-5-21-7-22(10(4-20)6-24)18(29-3)17(21)30-11/h5,7-10,13-14,24-25H,4,6,20H2,1-3H3/p+1/t8-,9+,10-,13+,14+/m0/s1. The molecule has 2 aromatic heterocycles. The van der Waals surface area contributed by atoms with Gasteiger partial charge in [0.1, 0.15) is 17.9 Å². The molecule has 0 radical (unpaired) electrons. The highest BCUT2D eigenvalue weighted by Gasteiger charge is 2.60. The topological polar surface area (TPSA) is 132 Å².